The van der Waals surface area contributed by atoms with Crippen molar-refractivity contribution in [2.24, 2.45) is 0 Å². The van der Waals surface area contributed by atoms with E-state index in [1.54, 1.807) is 7.11 Å². The van der Waals surface area contributed by atoms with E-state index in [-0.39, 0.29) is 17.0 Å². The van der Waals surface area contributed by atoms with Gasteiger partial charge in [0.25, 0.3) is 5.91 Å². The number of hydrogen-bond donors (Lipinski definition) is 2. The summed E-state index contributed by atoms with van der Waals surface area (Å²) in [4.78, 5) is 25.3. The van der Waals surface area contributed by atoms with Crippen LogP contribution in [0.3, 0.4) is 0 Å². The summed E-state index contributed by atoms with van der Waals surface area (Å²) in [6, 6.07) is 13.3. The van der Waals surface area contributed by atoms with Crippen LogP contribution < -0.4 is 15.4 Å². The van der Waals surface area contributed by atoms with Crippen molar-refractivity contribution < 1.29 is 27.5 Å². The molecule has 1 amide bonds. The highest BCUT2D eigenvalue weighted by molar-refractivity contribution is 6.09. The third-order valence-corrected chi connectivity index (χ3v) is 5.70. The number of carbonyl (C=O) groups excluding carboxylic acids is 2. The van der Waals surface area contributed by atoms with E-state index in [4.69, 9.17) is 4.74 Å². The summed E-state index contributed by atoms with van der Waals surface area (Å²) in [5.74, 6) is -5.19. The Bertz CT molecular complexity index is 1350. The standard InChI is InChI=1S/C27H23F3N2O3/c1-27(2)14-16-6-9-18(35-3)12-20(16)22(32-27)13-23(33)15-4-7-17(8-5-15)31-26(34)19-10-11-21(28)25(30)24(19)29/h4-13,32H,14H2,1-3H3,(H,31,34)/b22-13-. The predicted molar refractivity (Wildman–Crippen MR) is 127 cm³/mol. The molecule has 0 radical (unpaired) electrons. The van der Waals surface area contributed by atoms with Crippen molar-refractivity contribution in [3.05, 3.63) is 100 Å². The molecule has 8 heteroatoms. The van der Waals surface area contributed by atoms with Crippen LogP contribution in [0.4, 0.5) is 18.9 Å². The molecule has 5 nitrogen and oxygen atoms in total. The Balaban J connectivity index is 1.55. The van der Waals surface area contributed by atoms with Gasteiger partial charge in [-0.3, -0.25) is 9.59 Å². The molecule has 0 aromatic heterocycles. The molecule has 0 fully saturated rings. The molecule has 0 bridgehead atoms. The summed E-state index contributed by atoms with van der Waals surface area (Å²) in [6.45, 7) is 4.09. The Kier molecular flexibility index (Phi) is 6.39. The molecule has 1 heterocycles. The van der Waals surface area contributed by atoms with Crippen LogP contribution >= 0.6 is 0 Å². The number of carbonyl (C=O) groups is 2. The van der Waals surface area contributed by atoms with Crippen molar-refractivity contribution >= 4 is 23.1 Å². The average Bonchev–Trinajstić information content (AvgIpc) is 2.82. The summed E-state index contributed by atoms with van der Waals surface area (Å²) in [5, 5.41) is 5.81. The van der Waals surface area contributed by atoms with Crippen LogP contribution in [0.2, 0.25) is 0 Å². The SMILES string of the molecule is COc1ccc2c(c1)/C(=C/C(=O)c1ccc(NC(=O)c3ccc(F)c(F)c3F)cc1)NC(C)(C)C2. The highest BCUT2D eigenvalue weighted by Crippen LogP contribution is 2.32. The van der Waals surface area contributed by atoms with Crippen LogP contribution in [-0.2, 0) is 6.42 Å². The molecular weight excluding hydrogens is 457 g/mol. The zero-order valence-electron chi connectivity index (χ0n) is 19.3. The van der Waals surface area contributed by atoms with Gasteiger partial charge in [0, 0.05) is 34.1 Å². The van der Waals surface area contributed by atoms with Crippen LogP contribution in [0.25, 0.3) is 5.70 Å². The van der Waals surface area contributed by atoms with Gasteiger partial charge in [-0.25, -0.2) is 13.2 Å². The molecule has 180 valence electrons. The normalized spacial score (nSPS) is 15.2. The molecule has 0 saturated heterocycles. The van der Waals surface area contributed by atoms with Gasteiger partial charge in [-0.15, -0.1) is 0 Å². The van der Waals surface area contributed by atoms with Gasteiger partial charge in [-0.2, -0.15) is 0 Å². The first-order chi connectivity index (χ1) is 16.6. The third-order valence-electron chi connectivity index (χ3n) is 5.70. The second-order valence-corrected chi connectivity index (χ2v) is 8.89. The third kappa shape index (κ3) is 5.06. The number of anilines is 1. The molecule has 0 spiro atoms. The molecule has 1 aliphatic heterocycles. The van der Waals surface area contributed by atoms with E-state index in [2.05, 4.69) is 10.6 Å². The fourth-order valence-corrected chi connectivity index (χ4v) is 3.99. The van der Waals surface area contributed by atoms with E-state index in [0.29, 0.717) is 23.1 Å². The lowest BCUT2D eigenvalue weighted by Gasteiger charge is -2.35. The van der Waals surface area contributed by atoms with Crippen LogP contribution in [0.15, 0.2) is 60.7 Å². The van der Waals surface area contributed by atoms with Gasteiger partial charge >= 0.3 is 0 Å². The Hall–Kier alpha value is -4.07. The lowest BCUT2D eigenvalue weighted by Crippen LogP contribution is -2.43. The summed E-state index contributed by atoms with van der Waals surface area (Å²) < 4.78 is 45.7. The first-order valence-corrected chi connectivity index (χ1v) is 10.8. The van der Waals surface area contributed by atoms with Gasteiger partial charge in [0.15, 0.2) is 23.2 Å². The number of hydrogen-bond acceptors (Lipinski definition) is 4. The zero-order valence-corrected chi connectivity index (χ0v) is 19.3. The van der Waals surface area contributed by atoms with E-state index in [9.17, 15) is 22.8 Å². The number of fused-ring (bicyclic) bond motifs is 1. The second-order valence-electron chi connectivity index (χ2n) is 8.89. The number of nitrogens with one attached hydrogen (secondary N) is 2. The molecule has 0 saturated carbocycles. The van der Waals surface area contributed by atoms with Crippen molar-refractivity contribution in [2.45, 2.75) is 25.8 Å². The quantitative estimate of drug-likeness (QED) is 0.287. The van der Waals surface area contributed by atoms with E-state index >= 15 is 0 Å². The first-order valence-electron chi connectivity index (χ1n) is 10.8. The maximum absolute atomic E-state index is 13.9. The monoisotopic (exact) mass is 480 g/mol. The maximum atomic E-state index is 13.9. The topological polar surface area (TPSA) is 67.4 Å². The number of rotatable bonds is 5. The van der Waals surface area contributed by atoms with Crippen LogP contribution in [-0.4, -0.2) is 24.3 Å². The van der Waals surface area contributed by atoms with Crippen molar-refractivity contribution in [3.8, 4) is 5.75 Å². The highest BCUT2D eigenvalue weighted by Gasteiger charge is 2.28. The number of allylic oxidation sites excluding steroid dienone is 1. The molecule has 35 heavy (non-hydrogen) atoms. The van der Waals surface area contributed by atoms with Crippen molar-refractivity contribution in [3.63, 3.8) is 0 Å². The minimum absolute atomic E-state index is 0.253. The number of benzene rings is 3. The molecule has 3 aromatic carbocycles. The minimum Gasteiger partial charge on any atom is -0.497 e. The Morgan fingerprint density at radius 2 is 1.71 bits per heavy atom. The van der Waals surface area contributed by atoms with Gasteiger partial charge in [0.1, 0.15) is 5.75 Å². The Morgan fingerprint density at radius 3 is 2.40 bits per heavy atom. The zero-order chi connectivity index (χ0) is 25.3. The van der Waals surface area contributed by atoms with Crippen molar-refractivity contribution in [1.29, 1.82) is 0 Å². The fraction of sp³-hybridized carbons (Fsp3) is 0.185. The summed E-state index contributed by atoms with van der Waals surface area (Å²) in [7, 11) is 1.58. The molecule has 2 N–H and O–H groups in total. The van der Waals surface area contributed by atoms with Crippen molar-refractivity contribution in [2.75, 3.05) is 12.4 Å². The summed E-state index contributed by atoms with van der Waals surface area (Å²) >= 11 is 0. The summed E-state index contributed by atoms with van der Waals surface area (Å²) in [5.41, 5.74) is 2.39. The molecule has 0 unspecified atom stereocenters. The van der Waals surface area contributed by atoms with Crippen molar-refractivity contribution in [1.82, 2.24) is 5.32 Å². The Morgan fingerprint density at radius 1 is 1.00 bits per heavy atom. The lowest BCUT2D eigenvalue weighted by atomic mass is 9.85. The smallest absolute Gasteiger partial charge is 0.258 e. The van der Waals surface area contributed by atoms with E-state index < -0.39 is 28.9 Å². The van der Waals surface area contributed by atoms with E-state index in [0.717, 1.165) is 23.6 Å². The lowest BCUT2D eigenvalue weighted by molar-refractivity contribution is 0.102. The minimum atomic E-state index is -1.72. The van der Waals surface area contributed by atoms with Crippen LogP contribution in [0.1, 0.15) is 45.7 Å². The van der Waals surface area contributed by atoms with E-state index in [1.165, 1.54) is 30.3 Å². The van der Waals surface area contributed by atoms with Gasteiger partial charge in [-0.05, 0) is 74.4 Å². The molecular formula is C27H23F3N2O3. The molecule has 3 aromatic rings. The van der Waals surface area contributed by atoms with Crippen LogP contribution in [0, 0.1) is 17.5 Å². The summed E-state index contributed by atoms with van der Waals surface area (Å²) in [6.07, 6.45) is 2.30. The second kappa shape index (κ2) is 9.29. The number of ether oxygens (including phenoxy) is 1. The average molecular weight is 480 g/mol. The van der Waals surface area contributed by atoms with E-state index in [1.807, 2.05) is 32.0 Å². The number of amides is 1. The predicted octanol–water partition coefficient (Wildman–Crippen LogP) is 5.51. The van der Waals surface area contributed by atoms with Crippen LogP contribution in [0.5, 0.6) is 5.75 Å². The number of ketones is 1. The number of methoxy groups -OCH3 is 1. The van der Waals surface area contributed by atoms with Gasteiger partial charge in [0.2, 0.25) is 0 Å². The van der Waals surface area contributed by atoms with Gasteiger partial charge in [-0.1, -0.05) is 6.07 Å². The highest BCUT2D eigenvalue weighted by atomic mass is 19.2. The maximum Gasteiger partial charge on any atom is 0.258 e. The fourth-order valence-electron chi connectivity index (χ4n) is 3.99. The molecule has 0 aliphatic carbocycles. The number of halogens is 3. The molecule has 0 atom stereocenters. The first kappa shape index (κ1) is 24.1. The van der Waals surface area contributed by atoms with Gasteiger partial charge < -0.3 is 15.4 Å². The largest absolute Gasteiger partial charge is 0.497 e. The Labute approximate surface area is 200 Å². The molecule has 4 rings (SSSR count). The molecule has 1 aliphatic rings. The van der Waals surface area contributed by atoms with Gasteiger partial charge in [0.05, 0.1) is 12.7 Å².